The van der Waals surface area contributed by atoms with E-state index in [9.17, 15) is 13.8 Å². The van der Waals surface area contributed by atoms with Crippen molar-refractivity contribution in [1.29, 1.82) is 0 Å². The third-order valence-electron chi connectivity index (χ3n) is 2.63. The van der Waals surface area contributed by atoms with Crippen molar-refractivity contribution >= 4 is 22.5 Å². The van der Waals surface area contributed by atoms with E-state index >= 15 is 0 Å². The van der Waals surface area contributed by atoms with Crippen LogP contribution in [0, 0.1) is 5.92 Å². The maximum Gasteiger partial charge on any atom is 0.232 e. The molecule has 0 spiro atoms. The van der Waals surface area contributed by atoms with Crippen molar-refractivity contribution in [2.24, 2.45) is 5.92 Å². The summed E-state index contributed by atoms with van der Waals surface area (Å²) in [5.74, 6) is -0.200. The Bertz CT molecular complexity index is 277. The molecule has 0 aromatic carbocycles. The summed E-state index contributed by atoms with van der Waals surface area (Å²) in [4.78, 5) is 22.2. The molecule has 14 heavy (non-hydrogen) atoms. The summed E-state index contributed by atoms with van der Waals surface area (Å²) in [5, 5.41) is 2.30. The predicted molar refractivity (Wildman–Crippen MR) is 54.3 cm³/mol. The van der Waals surface area contributed by atoms with Gasteiger partial charge < -0.3 is 5.32 Å². The van der Waals surface area contributed by atoms with Crippen LogP contribution in [0.5, 0.6) is 0 Å². The van der Waals surface area contributed by atoms with Gasteiger partial charge in [0.2, 0.25) is 5.91 Å². The van der Waals surface area contributed by atoms with Crippen LogP contribution in [-0.4, -0.2) is 33.9 Å². The summed E-state index contributed by atoms with van der Waals surface area (Å²) in [6.45, 7) is 1.79. The van der Waals surface area contributed by atoms with E-state index in [4.69, 9.17) is 0 Å². The van der Waals surface area contributed by atoms with Gasteiger partial charge in [0, 0.05) is 35.4 Å². The molecule has 0 aromatic heterocycles. The minimum Gasteiger partial charge on any atom is -0.358 e. The Hall–Kier alpha value is -0.710. The minimum absolute atomic E-state index is 0.0127. The molecule has 0 bridgehead atoms. The van der Waals surface area contributed by atoms with Gasteiger partial charge in [0.1, 0.15) is 11.5 Å². The van der Waals surface area contributed by atoms with E-state index < -0.39 is 10.8 Å². The normalized spacial score (nSPS) is 28.9. The molecule has 3 atom stereocenters. The Kier molecular flexibility index (Phi) is 3.80. The first-order valence-electron chi connectivity index (χ1n) is 4.66. The van der Waals surface area contributed by atoms with Crippen LogP contribution < -0.4 is 5.32 Å². The maximum absolute atomic E-state index is 11.7. The summed E-state index contributed by atoms with van der Waals surface area (Å²) in [6.07, 6.45) is 1.16. The van der Waals surface area contributed by atoms with Crippen LogP contribution in [0.3, 0.4) is 0 Å². The fourth-order valence-electron chi connectivity index (χ4n) is 1.64. The average Bonchev–Trinajstić information content (AvgIpc) is 2.47. The summed E-state index contributed by atoms with van der Waals surface area (Å²) in [7, 11) is 0.308. The Morgan fingerprint density at radius 1 is 1.64 bits per heavy atom. The number of nitrogens with one attached hydrogen (secondary N) is 1. The lowest BCUT2D eigenvalue weighted by Gasteiger charge is -2.12. The van der Waals surface area contributed by atoms with Gasteiger partial charge in [-0.1, -0.05) is 6.92 Å². The molecule has 1 aliphatic carbocycles. The zero-order valence-corrected chi connectivity index (χ0v) is 9.23. The largest absolute Gasteiger partial charge is 0.358 e. The highest BCUT2D eigenvalue weighted by Gasteiger charge is 2.35. The smallest absolute Gasteiger partial charge is 0.232 e. The Morgan fingerprint density at radius 3 is 2.71 bits per heavy atom. The van der Waals surface area contributed by atoms with Gasteiger partial charge in [0.25, 0.3) is 0 Å². The summed E-state index contributed by atoms with van der Waals surface area (Å²) >= 11 is 0. The van der Waals surface area contributed by atoms with Gasteiger partial charge in [-0.15, -0.1) is 0 Å². The zero-order valence-electron chi connectivity index (χ0n) is 8.41. The van der Waals surface area contributed by atoms with Crippen molar-refractivity contribution in [3.63, 3.8) is 0 Å². The van der Waals surface area contributed by atoms with Gasteiger partial charge >= 0.3 is 0 Å². The van der Waals surface area contributed by atoms with E-state index in [2.05, 4.69) is 5.32 Å². The molecule has 0 aromatic rings. The third kappa shape index (κ3) is 2.41. The highest BCUT2D eigenvalue weighted by Crippen LogP contribution is 2.26. The Morgan fingerprint density at radius 2 is 2.29 bits per heavy atom. The molecular formula is C9H15NO3S. The van der Waals surface area contributed by atoms with Gasteiger partial charge in [-0.05, 0) is 6.42 Å². The second-order valence-electron chi connectivity index (χ2n) is 3.53. The molecule has 0 radical (unpaired) electrons. The van der Waals surface area contributed by atoms with Crippen LogP contribution in [0.2, 0.25) is 0 Å². The van der Waals surface area contributed by atoms with Gasteiger partial charge in [-0.25, -0.2) is 0 Å². The van der Waals surface area contributed by atoms with Crippen LogP contribution in [0.25, 0.3) is 0 Å². The van der Waals surface area contributed by atoms with E-state index in [1.807, 2.05) is 0 Å². The lowest BCUT2D eigenvalue weighted by Crippen LogP contribution is -2.31. The summed E-state index contributed by atoms with van der Waals surface area (Å²) in [5.41, 5.74) is 0. The molecule has 1 amide bonds. The van der Waals surface area contributed by atoms with Crippen molar-refractivity contribution in [3.8, 4) is 0 Å². The standard InChI is InChI=1S/C9H15NO3S/c1-6-7(11)3-4-8(6)14(13)5-9(12)10-2/h6,8H,3-5H2,1-2H3,(H,10,12). The van der Waals surface area contributed by atoms with E-state index in [0.29, 0.717) is 12.8 Å². The Balaban J connectivity index is 2.54. The summed E-state index contributed by atoms with van der Waals surface area (Å²) in [6, 6.07) is 0. The molecule has 0 saturated heterocycles. The van der Waals surface area contributed by atoms with Crippen LogP contribution in [0.4, 0.5) is 0 Å². The van der Waals surface area contributed by atoms with Crippen molar-refractivity contribution in [1.82, 2.24) is 5.32 Å². The van der Waals surface area contributed by atoms with Crippen LogP contribution in [0.15, 0.2) is 0 Å². The average molecular weight is 217 g/mol. The minimum atomic E-state index is -1.21. The number of amides is 1. The molecule has 1 saturated carbocycles. The van der Waals surface area contributed by atoms with Gasteiger partial charge in [-0.2, -0.15) is 0 Å². The molecule has 1 N–H and O–H groups in total. The molecule has 1 rings (SSSR count). The topological polar surface area (TPSA) is 63.2 Å². The molecular weight excluding hydrogens is 202 g/mol. The SMILES string of the molecule is CNC(=O)CS(=O)C1CCC(=O)C1C. The molecule has 1 fully saturated rings. The van der Waals surface area contributed by atoms with Crippen LogP contribution in [0.1, 0.15) is 19.8 Å². The molecule has 0 heterocycles. The second-order valence-corrected chi connectivity index (χ2v) is 5.19. The van der Waals surface area contributed by atoms with Gasteiger partial charge in [-0.3, -0.25) is 13.8 Å². The van der Waals surface area contributed by atoms with Crippen molar-refractivity contribution in [2.45, 2.75) is 25.0 Å². The molecule has 80 valence electrons. The van der Waals surface area contributed by atoms with Crippen molar-refractivity contribution in [3.05, 3.63) is 0 Å². The number of Topliss-reactive ketones (excluding diaryl/α,β-unsaturated/α-hetero) is 1. The molecule has 1 aliphatic rings. The Labute approximate surface area is 85.9 Å². The zero-order chi connectivity index (χ0) is 10.7. The number of ketones is 1. The quantitative estimate of drug-likeness (QED) is 0.715. The first-order chi connectivity index (χ1) is 6.56. The highest BCUT2D eigenvalue weighted by molar-refractivity contribution is 7.86. The van der Waals surface area contributed by atoms with E-state index in [0.717, 1.165) is 0 Å². The highest BCUT2D eigenvalue weighted by atomic mass is 32.2. The van der Waals surface area contributed by atoms with Crippen LogP contribution >= 0.6 is 0 Å². The predicted octanol–water partition coefficient (Wildman–Crippen LogP) is -0.151. The third-order valence-corrected chi connectivity index (χ3v) is 4.50. The number of carbonyl (C=O) groups excluding carboxylic acids is 2. The fourth-order valence-corrected chi connectivity index (χ4v) is 3.24. The molecule has 4 nitrogen and oxygen atoms in total. The first-order valence-corrected chi connectivity index (χ1v) is 6.05. The number of carbonyl (C=O) groups is 2. The number of hydrogen-bond acceptors (Lipinski definition) is 3. The van der Waals surface area contributed by atoms with E-state index in [1.165, 1.54) is 7.05 Å². The van der Waals surface area contributed by atoms with Gasteiger partial charge in [0.05, 0.1) is 0 Å². The van der Waals surface area contributed by atoms with E-state index in [1.54, 1.807) is 6.92 Å². The maximum atomic E-state index is 11.7. The lowest BCUT2D eigenvalue weighted by molar-refractivity contribution is -0.120. The number of hydrogen-bond donors (Lipinski definition) is 1. The fraction of sp³-hybridized carbons (Fsp3) is 0.778. The van der Waals surface area contributed by atoms with E-state index in [-0.39, 0.29) is 28.6 Å². The lowest BCUT2D eigenvalue weighted by atomic mass is 10.1. The second kappa shape index (κ2) is 4.68. The van der Waals surface area contributed by atoms with Crippen molar-refractivity contribution < 1.29 is 13.8 Å². The van der Waals surface area contributed by atoms with Gasteiger partial charge in [0.15, 0.2) is 0 Å². The molecule has 5 heteroatoms. The first kappa shape index (κ1) is 11.4. The van der Waals surface area contributed by atoms with Crippen molar-refractivity contribution in [2.75, 3.05) is 12.8 Å². The molecule has 3 unspecified atom stereocenters. The monoisotopic (exact) mass is 217 g/mol. The summed E-state index contributed by atoms with van der Waals surface area (Å²) < 4.78 is 11.7. The number of rotatable bonds is 3. The van der Waals surface area contributed by atoms with Crippen LogP contribution in [-0.2, 0) is 20.4 Å². The molecule has 0 aliphatic heterocycles.